The lowest BCUT2D eigenvalue weighted by atomic mass is 9.72. The maximum Gasteiger partial charge on any atom is 0.249 e. The van der Waals surface area contributed by atoms with Crippen LogP contribution in [0.5, 0.6) is 5.75 Å². The highest BCUT2D eigenvalue weighted by Gasteiger charge is 2.60. The van der Waals surface area contributed by atoms with Crippen molar-refractivity contribution in [1.29, 1.82) is 0 Å². The first-order chi connectivity index (χ1) is 21.2. The van der Waals surface area contributed by atoms with Crippen molar-refractivity contribution in [3.63, 3.8) is 0 Å². The topological polar surface area (TPSA) is 126 Å². The molecule has 1 spiro atoms. The van der Waals surface area contributed by atoms with Crippen LogP contribution in [0.25, 0.3) is 11.3 Å². The number of carbonyl (C=O) groups is 2. The normalized spacial score (nSPS) is 23.9. The molecule has 2 amide bonds. The van der Waals surface area contributed by atoms with Gasteiger partial charge in [-0.15, -0.1) is 0 Å². The molecular formula is C35H36N4O5. The van der Waals surface area contributed by atoms with Gasteiger partial charge in [0, 0.05) is 23.2 Å². The highest BCUT2D eigenvalue weighted by Crippen LogP contribution is 2.59. The summed E-state index contributed by atoms with van der Waals surface area (Å²) in [6.07, 6.45) is -1.53. The van der Waals surface area contributed by atoms with E-state index in [0.29, 0.717) is 23.1 Å². The first-order valence-corrected chi connectivity index (χ1v) is 15.2. The molecule has 9 heteroatoms. The number of amides is 2. The van der Waals surface area contributed by atoms with Gasteiger partial charge in [-0.1, -0.05) is 88.4 Å². The molecule has 1 aromatic heterocycles. The Kier molecular flexibility index (Phi) is 6.73. The predicted molar refractivity (Wildman–Crippen MR) is 165 cm³/mol. The average Bonchev–Trinajstić information content (AvgIpc) is 3.68. The third kappa shape index (κ3) is 4.29. The Morgan fingerprint density at radius 3 is 2.50 bits per heavy atom. The van der Waals surface area contributed by atoms with Crippen LogP contribution >= 0.6 is 0 Å². The molecule has 0 fully saturated rings. The van der Waals surface area contributed by atoms with Gasteiger partial charge in [0.1, 0.15) is 35.0 Å². The molecule has 0 saturated carbocycles. The number of anilines is 1. The van der Waals surface area contributed by atoms with E-state index in [0.717, 1.165) is 27.9 Å². The summed E-state index contributed by atoms with van der Waals surface area (Å²) < 4.78 is 13.5. The second-order valence-electron chi connectivity index (χ2n) is 12.6. The van der Waals surface area contributed by atoms with Crippen molar-refractivity contribution >= 4 is 17.5 Å². The molecule has 4 heterocycles. The van der Waals surface area contributed by atoms with Crippen LogP contribution in [0.3, 0.4) is 0 Å². The molecular weight excluding hydrogens is 556 g/mol. The van der Waals surface area contributed by atoms with Crippen molar-refractivity contribution in [1.82, 2.24) is 15.6 Å². The van der Waals surface area contributed by atoms with Gasteiger partial charge in [0.25, 0.3) is 0 Å². The third-order valence-electron chi connectivity index (χ3n) is 9.00. The van der Waals surface area contributed by atoms with E-state index < -0.39 is 35.7 Å². The second kappa shape index (κ2) is 10.5. The van der Waals surface area contributed by atoms with Crippen LogP contribution in [-0.4, -0.2) is 40.3 Å². The number of benzene rings is 3. The van der Waals surface area contributed by atoms with E-state index in [-0.39, 0.29) is 24.2 Å². The number of fused-ring (bicyclic) bond motifs is 4. The molecule has 3 unspecified atom stereocenters. The van der Waals surface area contributed by atoms with E-state index >= 15 is 0 Å². The summed E-state index contributed by atoms with van der Waals surface area (Å²) in [6.45, 7) is 7.50. The highest BCUT2D eigenvalue weighted by atomic mass is 16.5. The molecule has 0 radical (unpaired) electrons. The Morgan fingerprint density at radius 1 is 1.00 bits per heavy atom. The maximum atomic E-state index is 13.9. The molecule has 3 aromatic carbocycles. The summed E-state index contributed by atoms with van der Waals surface area (Å²) in [5.41, 5.74) is 4.36. The smallest absolute Gasteiger partial charge is 0.249 e. The number of aromatic nitrogens is 1. The Bertz CT molecular complexity index is 1750. The van der Waals surface area contributed by atoms with E-state index in [4.69, 9.17) is 14.1 Å². The van der Waals surface area contributed by atoms with Crippen molar-refractivity contribution in [3.05, 3.63) is 101 Å². The molecule has 9 nitrogen and oxygen atoms in total. The van der Waals surface area contributed by atoms with Crippen LogP contribution in [-0.2, 0) is 21.4 Å². The van der Waals surface area contributed by atoms with Gasteiger partial charge in [-0.2, -0.15) is 0 Å². The molecule has 4 N–H and O–H groups in total. The summed E-state index contributed by atoms with van der Waals surface area (Å²) in [7, 11) is 0. The van der Waals surface area contributed by atoms with Crippen molar-refractivity contribution in [2.75, 3.05) is 5.32 Å². The predicted octanol–water partition coefficient (Wildman–Crippen LogP) is 4.69. The van der Waals surface area contributed by atoms with Crippen molar-refractivity contribution in [3.8, 4) is 17.0 Å². The number of ether oxygens (including phenoxy) is 1. The van der Waals surface area contributed by atoms with Crippen LogP contribution in [0.2, 0.25) is 0 Å². The summed E-state index contributed by atoms with van der Waals surface area (Å²) in [6, 6.07) is 22.4. The first kappa shape index (κ1) is 28.2. The van der Waals surface area contributed by atoms with Crippen LogP contribution in [0.15, 0.2) is 77.2 Å². The van der Waals surface area contributed by atoms with Gasteiger partial charge in [-0.3, -0.25) is 9.59 Å². The summed E-state index contributed by atoms with van der Waals surface area (Å²) in [5.74, 6) is 0.346. The minimum atomic E-state index is -1.24. The van der Waals surface area contributed by atoms with E-state index in [1.165, 1.54) is 0 Å². The Morgan fingerprint density at radius 2 is 1.75 bits per heavy atom. The highest BCUT2D eigenvalue weighted by molar-refractivity contribution is 5.90. The van der Waals surface area contributed by atoms with Gasteiger partial charge in [-0.05, 0) is 35.1 Å². The van der Waals surface area contributed by atoms with Gasteiger partial charge in [-0.25, -0.2) is 4.98 Å². The summed E-state index contributed by atoms with van der Waals surface area (Å²) in [4.78, 5) is 32.0. The number of carbonyl (C=O) groups excluding carboxylic acids is 2. The lowest BCUT2D eigenvalue weighted by Gasteiger charge is -2.29. The summed E-state index contributed by atoms with van der Waals surface area (Å²) >= 11 is 0. The molecule has 3 aliphatic heterocycles. The molecule has 226 valence electrons. The van der Waals surface area contributed by atoms with Crippen molar-refractivity contribution in [2.45, 2.75) is 63.9 Å². The van der Waals surface area contributed by atoms with Gasteiger partial charge in [0.15, 0.2) is 12.0 Å². The van der Waals surface area contributed by atoms with E-state index in [2.05, 4.69) is 22.0 Å². The monoisotopic (exact) mass is 592 g/mol. The van der Waals surface area contributed by atoms with Gasteiger partial charge < -0.3 is 30.2 Å². The first-order valence-electron chi connectivity index (χ1n) is 15.2. The number of para-hydroxylation sites is 1. The molecule has 5 atom stereocenters. The fourth-order valence-electron chi connectivity index (χ4n) is 6.65. The summed E-state index contributed by atoms with van der Waals surface area (Å²) in [5, 5.41) is 20.0. The zero-order chi connectivity index (χ0) is 30.7. The number of oxazole rings is 1. The molecule has 7 rings (SSSR count). The number of hydrogen-bond acceptors (Lipinski definition) is 7. The van der Waals surface area contributed by atoms with Gasteiger partial charge >= 0.3 is 0 Å². The van der Waals surface area contributed by atoms with E-state index in [9.17, 15) is 14.7 Å². The molecule has 44 heavy (non-hydrogen) atoms. The van der Waals surface area contributed by atoms with Crippen LogP contribution < -0.4 is 20.7 Å². The molecule has 0 saturated heterocycles. The Hall–Kier alpha value is -4.63. The molecule has 0 aliphatic carbocycles. The van der Waals surface area contributed by atoms with Gasteiger partial charge in [0.2, 0.25) is 17.7 Å². The Labute approximate surface area is 256 Å². The second-order valence-corrected chi connectivity index (χ2v) is 12.6. The lowest BCUT2D eigenvalue weighted by Crippen LogP contribution is -2.52. The van der Waals surface area contributed by atoms with E-state index in [1.54, 1.807) is 13.8 Å². The molecule has 4 bridgehead atoms. The molecule has 3 aliphatic rings. The third-order valence-corrected chi connectivity index (χ3v) is 9.00. The standard InChI is InChI=1S/C35H36N4O5/c1-18(2)27-33-39-28(21-10-6-5-7-11-21)30(44-33)35-22-12-8-9-13-24(22)37-34(35)43-26-15-14-20(16-23(26)35)17-25(31(41)38-27)36-32(42)29(40)19(3)4/h5-16,18-19,25,27,29,34,37,40H,17H2,1-4H3,(H,36,42)(H,38,41)/t25?,27?,29-,34?,35-/m0/s1. The van der Waals surface area contributed by atoms with Crippen molar-refractivity contribution < 1.29 is 23.8 Å². The number of aliphatic hydroxyl groups is 1. The Balaban J connectivity index is 1.48. The van der Waals surface area contributed by atoms with E-state index in [1.807, 2.05) is 80.6 Å². The lowest BCUT2D eigenvalue weighted by molar-refractivity contribution is -0.135. The molecule has 4 aromatic rings. The number of hydrogen-bond donors (Lipinski definition) is 4. The van der Waals surface area contributed by atoms with Crippen molar-refractivity contribution in [2.24, 2.45) is 11.8 Å². The largest absolute Gasteiger partial charge is 0.469 e. The fraction of sp³-hybridized carbons (Fsp3) is 0.343. The zero-order valence-electron chi connectivity index (χ0n) is 25.1. The SMILES string of the molecule is CC(C)C1NC(=O)C(NC(=O)[C@@H](O)C(C)C)Cc2ccc3c(c2)[C@@]2(c4ccccc4NC2O3)c2oc1nc2-c1ccccc1. The number of nitrogens with zero attached hydrogens (tertiary/aromatic N) is 1. The fourth-order valence-corrected chi connectivity index (χ4v) is 6.65. The quantitative estimate of drug-likeness (QED) is 0.265. The maximum absolute atomic E-state index is 13.9. The van der Waals surface area contributed by atoms with Crippen LogP contribution in [0.1, 0.15) is 62.1 Å². The average molecular weight is 593 g/mol. The van der Waals surface area contributed by atoms with Crippen LogP contribution in [0.4, 0.5) is 5.69 Å². The number of nitrogens with one attached hydrogen (secondary N) is 3. The number of aliphatic hydroxyl groups excluding tert-OH is 1. The zero-order valence-corrected chi connectivity index (χ0v) is 25.1. The number of rotatable bonds is 5. The minimum Gasteiger partial charge on any atom is -0.469 e. The minimum absolute atomic E-state index is 0.0925. The van der Waals surface area contributed by atoms with Crippen LogP contribution in [0, 0.1) is 11.8 Å². The van der Waals surface area contributed by atoms with Gasteiger partial charge in [0.05, 0.1) is 0 Å².